The van der Waals surface area contributed by atoms with Gasteiger partial charge in [-0.15, -0.1) is 11.3 Å². The zero-order valence-corrected chi connectivity index (χ0v) is 15.0. The number of likely N-dealkylation sites (N-methyl/N-ethyl adjacent to an activating group) is 1. The summed E-state index contributed by atoms with van der Waals surface area (Å²) in [5, 5.41) is 6.08. The summed E-state index contributed by atoms with van der Waals surface area (Å²) in [6.45, 7) is 5.40. The number of anilines is 1. The van der Waals surface area contributed by atoms with Crippen molar-refractivity contribution in [3.63, 3.8) is 0 Å². The fourth-order valence-corrected chi connectivity index (χ4v) is 3.93. The molecule has 128 valence electrons. The van der Waals surface area contributed by atoms with Crippen LogP contribution < -0.4 is 5.32 Å². The van der Waals surface area contributed by atoms with Crippen LogP contribution in [0, 0.1) is 0 Å². The Kier molecular flexibility index (Phi) is 4.42. The van der Waals surface area contributed by atoms with Crippen LogP contribution in [0.4, 0.5) is 5.69 Å². The number of carbonyl (C=O) groups excluding carboxylic acids is 1. The first-order chi connectivity index (χ1) is 12.2. The van der Waals surface area contributed by atoms with Gasteiger partial charge in [0.05, 0.1) is 4.88 Å². The highest BCUT2D eigenvalue weighted by Gasteiger charge is 2.15. The lowest BCUT2D eigenvalue weighted by Crippen LogP contribution is -2.27. The van der Waals surface area contributed by atoms with Gasteiger partial charge in [-0.1, -0.05) is 19.1 Å². The van der Waals surface area contributed by atoms with E-state index in [1.807, 2.05) is 29.6 Å². The molecule has 4 nitrogen and oxygen atoms in total. The number of thiophene rings is 1. The van der Waals surface area contributed by atoms with E-state index < -0.39 is 0 Å². The van der Waals surface area contributed by atoms with Gasteiger partial charge in [0.25, 0.3) is 5.91 Å². The minimum absolute atomic E-state index is 0.0538. The van der Waals surface area contributed by atoms with Gasteiger partial charge in [-0.05, 0) is 48.2 Å². The number of benzene rings is 1. The normalized spacial score (nSPS) is 15.3. The predicted octanol–water partition coefficient (Wildman–Crippen LogP) is 4.59. The van der Waals surface area contributed by atoms with Gasteiger partial charge in [-0.25, -0.2) is 0 Å². The van der Waals surface area contributed by atoms with E-state index in [1.54, 1.807) is 0 Å². The number of carbonyl (C=O) groups is 1. The first-order valence-corrected chi connectivity index (χ1v) is 9.50. The average molecular weight is 351 g/mol. The Morgan fingerprint density at radius 3 is 3.00 bits per heavy atom. The molecule has 1 aromatic carbocycles. The van der Waals surface area contributed by atoms with Gasteiger partial charge in [0.1, 0.15) is 0 Å². The second-order valence-corrected chi connectivity index (χ2v) is 7.21. The number of amides is 1. The van der Waals surface area contributed by atoms with E-state index in [1.165, 1.54) is 27.9 Å². The van der Waals surface area contributed by atoms with Crippen molar-refractivity contribution >= 4 is 39.4 Å². The van der Waals surface area contributed by atoms with E-state index in [4.69, 9.17) is 0 Å². The molecular weight excluding hydrogens is 330 g/mol. The molecule has 0 spiro atoms. The number of hydrogen-bond acceptors (Lipinski definition) is 3. The van der Waals surface area contributed by atoms with E-state index >= 15 is 0 Å². The van der Waals surface area contributed by atoms with Crippen LogP contribution in [0.3, 0.4) is 0 Å². The molecule has 0 radical (unpaired) electrons. The summed E-state index contributed by atoms with van der Waals surface area (Å²) in [6.07, 6.45) is 5.47. The number of aromatic nitrogens is 1. The van der Waals surface area contributed by atoms with Crippen molar-refractivity contribution in [2.24, 2.45) is 0 Å². The molecule has 2 aromatic heterocycles. The highest BCUT2D eigenvalue weighted by Crippen LogP contribution is 2.31. The second-order valence-electron chi connectivity index (χ2n) is 6.27. The molecule has 0 saturated carbocycles. The molecule has 0 unspecified atom stereocenters. The molecule has 5 heteroatoms. The maximum absolute atomic E-state index is 12.3. The number of rotatable bonds is 4. The number of fused-ring (bicyclic) bond motifs is 1. The van der Waals surface area contributed by atoms with E-state index in [0.717, 1.165) is 42.1 Å². The quantitative estimate of drug-likeness (QED) is 0.722. The Labute approximate surface area is 151 Å². The molecule has 2 N–H and O–H groups in total. The maximum Gasteiger partial charge on any atom is 0.265 e. The zero-order chi connectivity index (χ0) is 17.2. The molecule has 0 bridgehead atoms. The first-order valence-electron chi connectivity index (χ1n) is 8.62. The summed E-state index contributed by atoms with van der Waals surface area (Å²) in [7, 11) is 0. The molecule has 1 aliphatic heterocycles. The highest BCUT2D eigenvalue weighted by molar-refractivity contribution is 7.12. The van der Waals surface area contributed by atoms with Crippen LogP contribution >= 0.6 is 11.3 Å². The molecule has 3 heterocycles. The van der Waals surface area contributed by atoms with Gasteiger partial charge in [0.15, 0.2) is 0 Å². The Morgan fingerprint density at radius 2 is 2.28 bits per heavy atom. The van der Waals surface area contributed by atoms with Crippen LogP contribution in [0.2, 0.25) is 0 Å². The molecule has 1 aliphatic rings. The van der Waals surface area contributed by atoms with Crippen molar-refractivity contribution in [2.75, 3.05) is 25.0 Å². The van der Waals surface area contributed by atoms with E-state index in [9.17, 15) is 4.79 Å². The fourth-order valence-electron chi connectivity index (χ4n) is 3.31. The summed E-state index contributed by atoms with van der Waals surface area (Å²) in [5.74, 6) is -0.0538. The van der Waals surface area contributed by atoms with Crippen molar-refractivity contribution in [1.29, 1.82) is 0 Å². The molecule has 0 aliphatic carbocycles. The lowest BCUT2D eigenvalue weighted by Gasteiger charge is -2.24. The molecule has 0 saturated heterocycles. The molecule has 3 aromatic rings. The third-order valence-corrected chi connectivity index (χ3v) is 5.64. The van der Waals surface area contributed by atoms with E-state index in [0.29, 0.717) is 0 Å². The Morgan fingerprint density at radius 1 is 1.36 bits per heavy atom. The number of nitrogens with one attached hydrogen (secondary N) is 2. The number of H-pyrrole nitrogens is 1. The van der Waals surface area contributed by atoms with Crippen LogP contribution in [0.5, 0.6) is 0 Å². The van der Waals surface area contributed by atoms with Crippen LogP contribution in [-0.4, -0.2) is 35.4 Å². The number of hydrogen-bond donors (Lipinski definition) is 2. The summed E-state index contributed by atoms with van der Waals surface area (Å²) >= 11 is 1.45. The molecule has 0 atom stereocenters. The monoisotopic (exact) mass is 351 g/mol. The largest absolute Gasteiger partial charge is 0.361 e. The molecule has 0 fully saturated rings. The minimum atomic E-state index is -0.0538. The smallest absolute Gasteiger partial charge is 0.265 e. The summed E-state index contributed by atoms with van der Waals surface area (Å²) in [6, 6.07) is 9.78. The van der Waals surface area contributed by atoms with Crippen LogP contribution in [-0.2, 0) is 0 Å². The summed E-state index contributed by atoms with van der Waals surface area (Å²) in [5.41, 5.74) is 4.57. The predicted molar refractivity (Wildman–Crippen MR) is 105 cm³/mol. The van der Waals surface area contributed by atoms with Crippen molar-refractivity contribution in [1.82, 2.24) is 9.88 Å². The molecule has 25 heavy (non-hydrogen) atoms. The molecule has 1 amide bonds. The van der Waals surface area contributed by atoms with Gasteiger partial charge in [0, 0.05) is 41.4 Å². The topological polar surface area (TPSA) is 48.1 Å². The maximum atomic E-state index is 12.3. The SMILES string of the molecule is CCN1CC=C(c2c[nH]c3ccc(NC(=O)c4cccs4)cc23)CC1. The second kappa shape index (κ2) is 6.86. The van der Waals surface area contributed by atoms with Crippen LogP contribution in [0.1, 0.15) is 28.6 Å². The van der Waals surface area contributed by atoms with Gasteiger partial charge < -0.3 is 10.3 Å². The minimum Gasteiger partial charge on any atom is -0.361 e. The van der Waals surface area contributed by atoms with Crippen molar-refractivity contribution in [2.45, 2.75) is 13.3 Å². The first kappa shape index (κ1) is 16.1. The zero-order valence-electron chi connectivity index (χ0n) is 14.2. The number of nitrogens with zero attached hydrogens (tertiary/aromatic N) is 1. The van der Waals surface area contributed by atoms with Gasteiger partial charge in [-0.2, -0.15) is 0 Å². The van der Waals surface area contributed by atoms with E-state index in [2.05, 4.69) is 40.5 Å². The van der Waals surface area contributed by atoms with Gasteiger partial charge >= 0.3 is 0 Å². The third kappa shape index (κ3) is 3.25. The average Bonchev–Trinajstić information content (AvgIpc) is 3.31. The standard InChI is InChI=1S/C20H21N3OS/c1-2-23-9-7-14(8-10-23)17-13-21-18-6-5-15(12-16(17)18)22-20(24)19-4-3-11-25-19/h3-7,11-13,21H,2,8-10H2,1H3,(H,22,24). The van der Waals surface area contributed by atoms with Crippen molar-refractivity contribution in [3.05, 3.63) is 58.4 Å². The fraction of sp³-hybridized carbons (Fsp3) is 0.250. The van der Waals surface area contributed by atoms with Gasteiger partial charge in [-0.3, -0.25) is 9.69 Å². The van der Waals surface area contributed by atoms with Gasteiger partial charge in [0.2, 0.25) is 0 Å². The Balaban J connectivity index is 1.62. The van der Waals surface area contributed by atoms with Crippen LogP contribution in [0.25, 0.3) is 16.5 Å². The summed E-state index contributed by atoms with van der Waals surface area (Å²) < 4.78 is 0. The molecular formula is C20H21N3OS. The summed E-state index contributed by atoms with van der Waals surface area (Å²) in [4.78, 5) is 18.8. The van der Waals surface area contributed by atoms with Crippen LogP contribution in [0.15, 0.2) is 48.0 Å². The van der Waals surface area contributed by atoms with Crippen molar-refractivity contribution < 1.29 is 4.79 Å². The lowest BCUT2D eigenvalue weighted by molar-refractivity contribution is 0.103. The van der Waals surface area contributed by atoms with E-state index in [-0.39, 0.29) is 5.91 Å². The Hall–Kier alpha value is -2.37. The highest BCUT2D eigenvalue weighted by atomic mass is 32.1. The Bertz CT molecular complexity index is 924. The third-order valence-electron chi connectivity index (χ3n) is 4.77. The molecule has 4 rings (SSSR count). The lowest BCUT2D eigenvalue weighted by atomic mass is 9.98. The van der Waals surface area contributed by atoms with Crippen molar-refractivity contribution in [3.8, 4) is 0 Å². The number of aromatic amines is 1.